The van der Waals surface area contributed by atoms with Crippen LogP contribution in [0.25, 0.3) is 11.2 Å². The second kappa shape index (κ2) is 11.5. The zero-order valence-corrected chi connectivity index (χ0v) is 28.5. The Morgan fingerprint density at radius 2 is 1.63 bits per heavy atom. The van der Waals surface area contributed by atoms with Crippen LogP contribution in [0.2, 0.25) is 22.2 Å². The molecule has 3 aliphatic heterocycles. The molecule has 6 rings (SSSR count). The fourth-order valence-electron chi connectivity index (χ4n) is 7.34. The molecule has 0 aliphatic carbocycles. The predicted octanol–water partition coefficient (Wildman–Crippen LogP) is 6.49. The molecule has 3 aromatic rings. The number of hydrogen-bond acceptors (Lipinski definition) is 8. The van der Waals surface area contributed by atoms with Gasteiger partial charge in [-0.25, -0.2) is 15.0 Å². The first-order valence-electron chi connectivity index (χ1n) is 15.7. The first kappa shape index (κ1) is 30.5. The Balaban J connectivity index is 1.38. The van der Waals surface area contributed by atoms with E-state index < -0.39 is 17.1 Å². The largest absolute Gasteiger partial charge is 0.414 e. The monoisotopic (exact) mass is 623 g/mol. The van der Waals surface area contributed by atoms with Gasteiger partial charge in [0.05, 0.1) is 12.7 Å². The van der Waals surface area contributed by atoms with E-state index in [9.17, 15) is 4.79 Å². The minimum atomic E-state index is -2.77. The molecule has 0 radical (unpaired) electrons. The van der Waals surface area contributed by atoms with Gasteiger partial charge in [-0.05, 0) is 40.7 Å². The van der Waals surface area contributed by atoms with Crippen LogP contribution in [0.3, 0.4) is 0 Å². The van der Waals surface area contributed by atoms with Crippen molar-refractivity contribution in [3.63, 3.8) is 0 Å². The molecule has 10 nitrogen and oxygen atoms in total. The lowest BCUT2D eigenvalue weighted by molar-refractivity contribution is -0.0568. The van der Waals surface area contributed by atoms with Gasteiger partial charge in [-0.1, -0.05) is 73.6 Å². The Morgan fingerprint density at radius 3 is 2.28 bits per heavy atom. The molecular formula is C31H45N5O5Si2. The van der Waals surface area contributed by atoms with Crippen molar-refractivity contribution < 1.29 is 22.5 Å². The number of imidazole rings is 1. The molecule has 0 spiro atoms. The summed E-state index contributed by atoms with van der Waals surface area (Å²) >= 11 is 0. The van der Waals surface area contributed by atoms with Gasteiger partial charge in [0.25, 0.3) is 5.91 Å². The molecule has 2 fully saturated rings. The van der Waals surface area contributed by atoms with Gasteiger partial charge in [0.15, 0.2) is 17.0 Å². The number of benzene rings is 1. The maximum atomic E-state index is 13.0. The molecule has 0 saturated carbocycles. The standard InChI is InChI=1S/C31H45N5O5Si2/c1-18(2)42(19(3)4)38-16-24-27(40-43(41-42,20(5)6)21(7)8)23-14-15-25-34-26-28(35-30(37)22-12-10-9-11-13-22)32-17-33-29(26)36(25)31(23)39-24/h9-13,17-21,23-24,27,31H,14-16H2,1-8H3,(H,32,33,35,37)/t23-,24+,27-,31+/m0/s1. The van der Waals surface area contributed by atoms with Crippen LogP contribution in [0.1, 0.15) is 84.2 Å². The second-order valence-electron chi connectivity index (χ2n) is 13.4. The van der Waals surface area contributed by atoms with E-state index in [-0.39, 0.29) is 52.4 Å². The summed E-state index contributed by atoms with van der Waals surface area (Å²) in [6.07, 6.45) is 2.40. The molecule has 232 valence electrons. The summed E-state index contributed by atoms with van der Waals surface area (Å²) in [5.41, 5.74) is 2.80. The van der Waals surface area contributed by atoms with Gasteiger partial charge in [-0.15, -0.1) is 0 Å². The average molecular weight is 624 g/mol. The maximum Gasteiger partial charge on any atom is 0.335 e. The number of rotatable bonds is 6. The van der Waals surface area contributed by atoms with Crippen LogP contribution < -0.4 is 5.32 Å². The molecule has 1 aromatic carbocycles. The summed E-state index contributed by atoms with van der Waals surface area (Å²) in [6, 6.07) is 9.10. The highest BCUT2D eigenvalue weighted by Crippen LogP contribution is 2.52. The smallest absolute Gasteiger partial charge is 0.335 e. The molecule has 1 N–H and O–H groups in total. The third kappa shape index (κ3) is 4.99. The SMILES string of the molecule is CC(C)[Si]1(C(C)C)OC[C@H]2O[C@@H]3[C@@H](CCc4nc5c(NC(=O)c6ccccc6)ncnc5n43)[C@@H]2O[Si](C(C)C)(C(C)C)O1. The molecule has 4 atom stereocenters. The van der Waals surface area contributed by atoms with Crippen molar-refractivity contribution in [3.05, 3.63) is 48.0 Å². The molecule has 43 heavy (non-hydrogen) atoms. The number of carbonyl (C=O) groups excluding carboxylic acids is 1. The lowest BCUT2D eigenvalue weighted by atomic mass is 9.92. The number of aromatic nitrogens is 4. The van der Waals surface area contributed by atoms with Crippen molar-refractivity contribution in [2.75, 3.05) is 11.9 Å². The maximum absolute atomic E-state index is 13.0. The van der Waals surface area contributed by atoms with Crippen LogP contribution in [0.15, 0.2) is 36.7 Å². The van der Waals surface area contributed by atoms with Gasteiger partial charge >= 0.3 is 17.1 Å². The number of fused-ring (bicyclic) bond motifs is 7. The van der Waals surface area contributed by atoms with Gasteiger partial charge < -0.3 is 23.0 Å². The zero-order chi connectivity index (χ0) is 30.7. The van der Waals surface area contributed by atoms with E-state index in [1.807, 2.05) is 18.2 Å². The summed E-state index contributed by atoms with van der Waals surface area (Å²) in [4.78, 5) is 26.9. The van der Waals surface area contributed by atoms with Crippen molar-refractivity contribution in [2.45, 2.75) is 109 Å². The Morgan fingerprint density at radius 1 is 0.953 bits per heavy atom. The van der Waals surface area contributed by atoms with Crippen LogP contribution in [0, 0.1) is 5.92 Å². The summed E-state index contributed by atoms with van der Waals surface area (Å²) < 4.78 is 30.8. The number of ether oxygens (including phenoxy) is 1. The molecule has 5 heterocycles. The minimum absolute atomic E-state index is 0.0936. The highest BCUT2D eigenvalue weighted by atomic mass is 28.5. The molecule has 0 unspecified atom stereocenters. The molecule has 0 bridgehead atoms. The van der Waals surface area contributed by atoms with Crippen LogP contribution in [0.5, 0.6) is 0 Å². The van der Waals surface area contributed by atoms with E-state index in [2.05, 4.69) is 75.2 Å². The van der Waals surface area contributed by atoms with E-state index in [1.165, 1.54) is 6.33 Å². The van der Waals surface area contributed by atoms with Gasteiger partial charge in [0.1, 0.15) is 24.5 Å². The first-order chi connectivity index (χ1) is 20.5. The van der Waals surface area contributed by atoms with E-state index in [1.54, 1.807) is 12.1 Å². The number of anilines is 1. The van der Waals surface area contributed by atoms with Gasteiger partial charge in [0.2, 0.25) is 0 Å². The molecule has 2 saturated heterocycles. The van der Waals surface area contributed by atoms with Crippen molar-refractivity contribution in [2.24, 2.45) is 5.92 Å². The van der Waals surface area contributed by atoms with Crippen molar-refractivity contribution in [3.8, 4) is 0 Å². The van der Waals surface area contributed by atoms with E-state index in [0.29, 0.717) is 29.2 Å². The van der Waals surface area contributed by atoms with E-state index in [4.69, 9.17) is 22.7 Å². The van der Waals surface area contributed by atoms with Gasteiger partial charge in [0, 0.05) is 17.9 Å². The lowest BCUT2D eigenvalue weighted by Crippen LogP contribution is -2.65. The number of carbonyl (C=O) groups is 1. The molecule has 3 aliphatic rings. The average Bonchev–Trinajstić information content (AvgIpc) is 3.51. The highest BCUT2D eigenvalue weighted by Gasteiger charge is 2.62. The van der Waals surface area contributed by atoms with Crippen LogP contribution in [0.4, 0.5) is 5.82 Å². The Kier molecular flexibility index (Phi) is 8.14. The predicted molar refractivity (Wildman–Crippen MR) is 169 cm³/mol. The number of hydrogen-bond donors (Lipinski definition) is 1. The number of aryl methyl sites for hydroxylation is 1. The third-order valence-electron chi connectivity index (χ3n) is 9.57. The first-order valence-corrected chi connectivity index (χ1v) is 19.7. The number of amides is 1. The molecule has 2 aromatic heterocycles. The Hall–Kier alpha value is -2.49. The topological polar surface area (TPSA) is 110 Å². The normalized spacial score (nSPS) is 26.3. The van der Waals surface area contributed by atoms with Crippen molar-refractivity contribution in [1.82, 2.24) is 19.5 Å². The minimum Gasteiger partial charge on any atom is -0.414 e. The van der Waals surface area contributed by atoms with Gasteiger partial charge in [-0.2, -0.15) is 0 Å². The Bertz CT molecular complexity index is 1460. The van der Waals surface area contributed by atoms with Crippen molar-refractivity contribution >= 4 is 40.0 Å². The van der Waals surface area contributed by atoms with Crippen LogP contribution in [-0.2, 0) is 24.1 Å². The zero-order valence-electron chi connectivity index (χ0n) is 26.5. The lowest BCUT2D eigenvalue weighted by Gasteiger charge is -2.51. The summed E-state index contributed by atoms with van der Waals surface area (Å²) in [6.45, 7) is 18.4. The number of nitrogens with one attached hydrogen (secondary N) is 1. The fraction of sp³-hybridized carbons (Fsp3) is 0.613. The van der Waals surface area contributed by atoms with Crippen LogP contribution >= 0.6 is 0 Å². The van der Waals surface area contributed by atoms with E-state index >= 15 is 0 Å². The molecular weight excluding hydrogens is 579 g/mol. The van der Waals surface area contributed by atoms with Crippen molar-refractivity contribution in [1.29, 1.82) is 0 Å². The van der Waals surface area contributed by atoms with Crippen LogP contribution in [-0.4, -0.2) is 61.4 Å². The second-order valence-corrected chi connectivity index (χ2v) is 22.3. The third-order valence-corrected chi connectivity index (χ3v) is 19.8. The number of nitrogens with zero attached hydrogens (tertiary/aromatic N) is 4. The highest BCUT2D eigenvalue weighted by molar-refractivity contribution is 6.84. The fourth-order valence-corrected chi connectivity index (χ4v) is 18.6. The Labute approximate surface area is 256 Å². The molecule has 12 heteroatoms. The molecule has 1 amide bonds. The summed E-state index contributed by atoms with van der Waals surface area (Å²) in [7, 11) is -5.44. The van der Waals surface area contributed by atoms with Gasteiger partial charge in [-0.3, -0.25) is 9.36 Å². The summed E-state index contributed by atoms with van der Waals surface area (Å²) in [5, 5.41) is 2.94. The van der Waals surface area contributed by atoms with E-state index in [0.717, 1.165) is 18.7 Å². The summed E-state index contributed by atoms with van der Waals surface area (Å²) in [5.74, 6) is 1.13. The quantitative estimate of drug-likeness (QED) is 0.310.